The normalized spacial score (nSPS) is 37.1. The lowest BCUT2D eigenvalue weighted by molar-refractivity contribution is -0.294. The van der Waals surface area contributed by atoms with Crippen molar-refractivity contribution in [1.82, 2.24) is 5.32 Å². The number of hydrogen-bond donors (Lipinski definition) is 8. The molecule has 0 aromatic carbocycles. The molecule has 2 fully saturated rings. The van der Waals surface area contributed by atoms with Gasteiger partial charge in [-0.1, -0.05) is 26.0 Å². The predicted molar refractivity (Wildman–Crippen MR) is 132 cm³/mol. The second-order valence-corrected chi connectivity index (χ2v) is 10.4. The summed E-state index contributed by atoms with van der Waals surface area (Å²) in [5, 5.41) is 51.5. The van der Waals surface area contributed by atoms with Gasteiger partial charge in [-0.2, -0.15) is 0 Å². The van der Waals surface area contributed by atoms with Crippen LogP contribution in [0.2, 0.25) is 0 Å². The van der Waals surface area contributed by atoms with Crippen LogP contribution in [0.15, 0.2) is 12.2 Å². The molecule has 2 aliphatic rings. The minimum Gasteiger partial charge on any atom is -0.393 e. The van der Waals surface area contributed by atoms with E-state index in [1.165, 1.54) is 0 Å². The molecule has 0 spiro atoms. The van der Waals surface area contributed by atoms with Crippen LogP contribution in [0.4, 0.5) is 0 Å². The van der Waals surface area contributed by atoms with Gasteiger partial charge in [-0.25, -0.2) is 0 Å². The second kappa shape index (κ2) is 13.2. The summed E-state index contributed by atoms with van der Waals surface area (Å²) in [6.45, 7) is 7.00. The molecule has 2 rings (SSSR count). The van der Waals surface area contributed by atoms with E-state index in [1.807, 2.05) is 19.9 Å². The molecule has 0 aliphatic carbocycles. The van der Waals surface area contributed by atoms with Crippen molar-refractivity contribution in [2.24, 2.45) is 23.3 Å². The predicted octanol–water partition coefficient (Wildman–Crippen LogP) is -0.925. The van der Waals surface area contributed by atoms with E-state index in [2.05, 4.69) is 5.32 Å². The third-order valence-electron chi connectivity index (χ3n) is 6.45. The zero-order valence-corrected chi connectivity index (χ0v) is 21.5. The Balaban J connectivity index is 2.27. The van der Waals surface area contributed by atoms with E-state index in [4.69, 9.17) is 31.1 Å². The van der Waals surface area contributed by atoms with E-state index in [1.54, 1.807) is 19.9 Å². The van der Waals surface area contributed by atoms with E-state index in [0.29, 0.717) is 0 Å². The van der Waals surface area contributed by atoms with Gasteiger partial charge in [0, 0.05) is 19.3 Å². The smallest absolute Gasteiger partial charge is 0.226 e. The van der Waals surface area contributed by atoms with E-state index in [0.717, 1.165) is 0 Å². The molecule has 0 aromatic rings. The largest absolute Gasteiger partial charge is 0.393 e. The van der Waals surface area contributed by atoms with Gasteiger partial charge in [0.05, 0.1) is 49.0 Å². The van der Waals surface area contributed by atoms with Crippen molar-refractivity contribution < 1.29 is 39.4 Å². The van der Waals surface area contributed by atoms with Gasteiger partial charge in [0.2, 0.25) is 5.91 Å². The molecule has 36 heavy (non-hydrogen) atoms. The summed E-state index contributed by atoms with van der Waals surface area (Å²) in [5.41, 5.74) is 11.3. The van der Waals surface area contributed by atoms with Crippen LogP contribution in [0, 0.1) is 17.2 Å². The molecule has 0 bridgehead atoms. The number of ether oxygens (including phenoxy) is 3. The molecule has 10 N–H and O–H groups in total. The van der Waals surface area contributed by atoms with Gasteiger partial charge in [-0.3, -0.25) is 10.2 Å². The Hall–Kier alpha value is -1.64. The van der Waals surface area contributed by atoms with Crippen molar-refractivity contribution in [3.8, 4) is 0 Å². The highest BCUT2D eigenvalue weighted by molar-refractivity contribution is 5.86. The van der Waals surface area contributed by atoms with Crippen LogP contribution in [0.1, 0.15) is 53.4 Å². The quantitative estimate of drug-likeness (QED) is 0.0959. The first-order chi connectivity index (χ1) is 16.7. The lowest BCUT2D eigenvalue weighted by Gasteiger charge is -2.44. The van der Waals surface area contributed by atoms with Crippen LogP contribution in [0.5, 0.6) is 0 Å². The number of allylic oxidation sites excluding steroid dienone is 1. The maximum atomic E-state index is 12.9. The summed E-state index contributed by atoms with van der Waals surface area (Å²) >= 11 is 0. The lowest BCUT2D eigenvalue weighted by Crippen LogP contribution is -2.61. The topological polar surface area (TPSA) is 214 Å². The molecule has 12 heteroatoms. The number of amidine groups is 1. The lowest BCUT2D eigenvalue weighted by atomic mass is 9.85. The molecule has 2 heterocycles. The third kappa shape index (κ3) is 8.73. The molecule has 208 valence electrons. The van der Waals surface area contributed by atoms with Gasteiger partial charge in [0.25, 0.3) is 0 Å². The van der Waals surface area contributed by atoms with Crippen LogP contribution < -0.4 is 16.8 Å². The molecule has 10 atom stereocenters. The van der Waals surface area contributed by atoms with Gasteiger partial charge in [0.15, 0.2) is 12.1 Å². The number of carbonyl (C=O) groups is 1. The minimum atomic E-state index is -1.63. The van der Waals surface area contributed by atoms with Gasteiger partial charge in [-0.05, 0) is 26.2 Å². The summed E-state index contributed by atoms with van der Waals surface area (Å²) in [6, 6.07) is -0.972. The number of amides is 1. The van der Waals surface area contributed by atoms with E-state index >= 15 is 0 Å². The highest BCUT2D eigenvalue weighted by Crippen LogP contribution is 2.37. The summed E-state index contributed by atoms with van der Waals surface area (Å²) in [4.78, 5) is 12.9. The van der Waals surface area contributed by atoms with E-state index < -0.39 is 60.7 Å². The first-order valence-corrected chi connectivity index (χ1v) is 12.5. The number of rotatable bonds is 11. The first kappa shape index (κ1) is 30.6. The highest BCUT2D eigenvalue weighted by Gasteiger charge is 2.46. The zero-order chi connectivity index (χ0) is 27.2. The minimum absolute atomic E-state index is 0.0344. The number of hydrogen-bond acceptors (Lipinski definition) is 10. The Morgan fingerprint density at radius 3 is 2.53 bits per heavy atom. The third-order valence-corrected chi connectivity index (χ3v) is 6.45. The van der Waals surface area contributed by atoms with Crippen LogP contribution in [0.3, 0.4) is 0 Å². The molecule has 5 unspecified atom stereocenters. The second-order valence-electron chi connectivity index (χ2n) is 10.4. The van der Waals surface area contributed by atoms with Gasteiger partial charge in [0.1, 0.15) is 11.9 Å². The molecule has 1 amide bonds. The van der Waals surface area contributed by atoms with Crippen LogP contribution >= 0.6 is 0 Å². The molecule has 2 saturated heterocycles. The summed E-state index contributed by atoms with van der Waals surface area (Å²) < 4.78 is 17.7. The highest BCUT2D eigenvalue weighted by atomic mass is 16.7. The maximum absolute atomic E-state index is 12.9. The Morgan fingerprint density at radius 1 is 1.28 bits per heavy atom. The Bertz CT molecular complexity index is 766. The summed E-state index contributed by atoms with van der Waals surface area (Å²) in [6.07, 6.45) is -2.36. The van der Waals surface area contributed by atoms with Crippen molar-refractivity contribution in [3.05, 3.63) is 12.2 Å². The number of aliphatic hydroxyl groups excluding tert-OH is 3. The van der Waals surface area contributed by atoms with Gasteiger partial charge < -0.3 is 51.4 Å². The zero-order valence-electron chi connectivity index (χ0n) is 21.5. The SMILES string of the molecule is CC(C)/C=C/[C@@H](C[C@@H]1O[C@](O)(C[C@H](C)O)CC[C@H]1C(=O)NCC(=N)N)OC1OC(C)C(O)C(N)C1O. The number of nitrogens with two attached hydrogens (primary N) is 2. The van der Waals surface area contributed by atoms with Crippen molar-refractivity contribution >= 4 is 11.7 Å². The average Bonchev–Trinajstić information content (AvgIpc) is 2.77. The molecule has 0 aromatic heterocycles. The van der Waals surface area contributed by atoms with E-state index in [9.17, 15) is 25.2 Å². The van der Waals surface area contributed by atoms with Crippen LogP contribution in [-0.2, 0) is 19.0 Å². The number of nitrogens with one attached hydrogen (secondary N) is 2. The molecular weight excluding hydrogens is 472 g/mol. The molecule has 12 nitrogen and oxygen atoms in total. The van der Waals surface area contributed by atoms with Gasteiger partial charge in [-0.15, -0.1) is 0 Å². The van der Waals surface area contributed by atoms with Gasteiger partial charge >= 0.3 is 0 Å². The summed E-state index contributed by atoms with van der Waals surface area (Å²) in [5.74, 6) is -2.72. The molecular formula is C24H44N4O8. The van der Waals surface area contributed by atoms with Crippen LogP contribution in [-0.4, -0.2) is 93.5 Å². The summed E-state index contributed by atoms with van der Waals surface area (Å²) in [7, 11) is 0. The molecule has 0 radical (unpaired) electrons. The Kier molecular flexibility index (Phi) is 11.3. The molecule has 2 aliphatic heterocycles. The monoisotopic (exact) mass is 516 g/mol. The first-order valence-electron chi connectivity index (χ1n) is 12.5. The van der Waals surface area contributed by atoms with Crippen LogP contribution in [0.25, 0.3) is 0 Å². The van der Waals surface area contributed by atoms with Crippen molar-refractivity contribution in [3.63, 3.8) is 0 Å². The number of aliphatic hydroxyl groups is 4. The fourth-order valence-corrected chi connectivity index (χ4v) is 4.54. The number of carbonyl (C=O) groups excluding carboxylic acids is 1. The van der Waals surface area contributed by atoms with Crippen molar-refractivity contribution in [2.45, 2.75) is 108 Å². The van der Waals surface area contributed by atoms with Crippen molar-refractivity contribution in [1.29, 1.82) is 5.41 Å². The fraction of sp³-hybridized carbons (Fsp3) is 0.833. The standard InChI is InChI=1S/C24H44N4O8/c1-12(2)5-6-15(35-23-21(31)19(27)20(30)14(4)34-23)9-17-16(22(32)28-11-18(25)26)7-8-24(33,36-17)10-13(3)29/h5-6,12-17,19-21,23,29-31,33H,7-11,27H2,1-4H3,(H3,25,26)(H,28,32)/b6-5+/t13-,14?,15-,16+,17-,19?,20?,21?,23?,24-/m0/s1. The Morgan fingerprint density at radius 2 is 1.94 bits per heavy atom. The van der Waals surface area contributed by atoms with E-state index in [-0.39, 0.29) is 49.9 Å². The Labute approximate surface area is 212 Å². The maximum Gasteiger partial charge on any atom is 0.226 e. The molecule has 0 saturated carbocycles. The fourth-order valence-electron chi connectivity index (χ4n) is 4.54. The average molecular weight is 517 g/mol. The van der Waals surface area contributed by atoms with Crippen molar-refractivity contribution in [2.75, 3.05) is 6.54 Å².